The molecule has 0 unspecified atom stereocenters. The van der Waals surface area contributed by atoms with E-state index < -0.39 is 12.4 Å². The molecule has 7 heteroatoms. The first-order chi connectivity index (χ1) is 8.51. The van der Waals surface area contributed by atoms with Gasteiger partial charge in [0.25, 0.3) is 6.43 Å². The van der Waals surface area contributed by atoms with Gasteiger partial charge in [0.15, 0.2) is 0 Å². The van der Waals surface area contributed by atoms with Gasteiger partial charge < -0.3 is 4.74 Å². The average Bonchev–Trinajstić information content (AvgIpc) is 2.29. The topological polar surface area (TPSA) is 39.2 Å². The van der Waals surface area contributed by atoms with Gasteiger partial charge in [-0.15, -0.1) is 0 Å². The molecule has 0 aromatic carbocycles. The number of carbonyl (C=O) groups excluding carboxylic acids is 1. The molecule has 100 valence electrons. The van der Waals surface area contributed by atoms with Gasteiger partial charge in [0.2, 0.25) is 0 Å². The fourth-order valence-corrected chi connectivity index (χ4v) is 2.66. The monoisotopic (exact) mass is 433 g/mol. The molecule has 1 aromatic rings. The second-order valence-electron chi connectivity index (χ2n) is 3.38. The maximum atomic E-state index is 13.0. The first-order valence-corrected chi connectivity index (χ1v) is 7.37. The minimum atomic E-state index is -2.66. The third-order valence-electron chi connectivity index (χ3n) is 2.26. The van der Waals surface area contributed by atoms with Crippen molar-refractivity contribution in [3.63, 3.8) is 0 Å². The van der Waals surface area contributed by atoms with Crippen molar-refractivity contribution in [2.45, 2.75) is 25.1 Å². The Morgan fingerprint density at radius 1 is 1.61 bits per heavy atom. The molecule has 0 bridgehead atoms. The lowest BCUT2D eigenvalue weighted by molar-refractivity contribution is -0.142. The van der Waals surface area contributed by atoms with E-state index in [1.165, 1.54) is 6.20 Å². The predicted molar refractivity (Wildman–Crippen MR) is 74.9 cm³/mol. The lowest BCUT2D eigenvalue weighted by Gasteiger charge is -2.13. The number of nitrogens with zero attached hydrogens (tertiary/aromatic N) is 1. The highest BCUT2D eigenvalue weighted by atomic mass is 127. The number of halogens is 4. The van der Waals surface area contributed by atoms with E-state index in [-0.39, 0.29) is 22.3 Å². The van der Waals surface area contributed by atoms with E-state index in [1.54, 1.807) is 29.5 Å². The highest BCUT2D eigenvalue weighted by Crippen LogP contribution is 2.30. The highest BCUT2D eigenvalue weighted by molar-refractivity contribution is 14.1. The fourth-order valence-electron chi connectivity index (χ4n) is 1.48. The van der Waals surface area contributed by atoms with E-state index in [4.69, 9.17) is 4.74 Å². The number of rotatable bonds is 5. The average molecular weight is 434 g/mol. The SMILES string of the molecule is CCOC(=O)Cc1c(CBr)cnc(I)c1C(F)F. The van der Waals surface area contributed by atoms with E-state index >= 15 is 0 Å². The van der Waals surface area contributed by atoms with Crippen molar-refractivity contribution in [3.8, 4) is 0 Å². The van der Waals surface area contributed by atoms with E-state index in [2.05, 4.69) is 20.9 Å². The molecule has 0 N–H and O–H groups in total. The summed E-state index contributed by atoms with van der Waals surface area (Å²) in [5, 5.41) is 0.366. The van der Waals surface area contributed by atoms with Crippen LogP contribution in [0.3, 0.4) is 0 Å². The van der Waals surface area contributed by atoms with Crippen LogP contribution in [-0.2, 0) is 21.3 Å². The summed E-state index contributed by atoms with van der Waals surface area (Å²) in [5.74, 6) is -0.511. The summed E-state index contributed by atoms with van der Waals surface area (Å²) in [6.07, 6.45) is -1.32. The van der Waals surface area contributed by atoms with Gasteiger partial charge in [-0.2, -0.15) is 0 Å². The number of hydrogen-bond donors (Lipinski definition) is 0. The predicted octanol–water partition coefficient (Wildman–Crippen LogP) is 3.62. The van der Waals surface area contributed by atoms with Gasteiger partial charge in [-0.1, -0.05) is 15.9 Å². The Balaban J connectivity index is 3.19. The molecule has 0 aliphatic carbocycles. The van der Waals surface area contributed by atoms with E-state index in [1.807, 2.05) is 0 Å². The van der Waals surface area contributed by atoms with Gasteiger partial charge in [-0.05, 0) is 40.6 Å². The minimum Gasteiger partial charge on any atom is -0.466 e. The normalized spacial score (nSPS) is 10.8. The largest absolute Gasteiger partial charge is 0.466 e. The summed E-state index contributed by atoms with van der Waals surface area (Å²) in [7, 11) is 0. The molecular formula is C11H11BrF2INO2. The Kier molecular flexibility index (Phi) is 6.40. The summed E-state index contributed by atoms with van der Waals surface area (Å²) in [5.41, 5.74) is 0.707. The molecule has 0 fully saturated rings. The molecule has 0 aliphatic heterocycles. The van der Waals surface area contributed by atoms with Crippen molar-refractivity contribution in [1.29, 1.82) is 0 Å². The molecule has 0 saturated heterocycles. The summed E-state index contributed by atoms with van der Waals surface area (Å²) in [6, 6.07) is 0. The first kappa shape index (κ1) is 15.7. The fraction of sp³-hybridized carbons (Fsp3) is 0.455. The van der Waals surface area contributed by atoms with Crippen LogP contribution >= 0.6 is 38.5 Å². The molecule has 18 heavy (non-hydrogen) atoms. The quantitative estimate of drug-likeness (QED) is 0.308. The minimum absolute atomic E-state index is 0.160. The van der Waals surface area contributed by atoms with Crippen LogP contribution in [0.25, 0.3) is 0 Å². The Labute approximate surface area is 126 Å². The zero-order chi connectivity index (χ0) is 13.7. The summed E-state index contributed by atoms with van der Waals surface area (Å²) < 4.78 is 31.1. The van der Waals surface area contributed by atoms with Crippen molar-refractivity contribution in [1.82, 2.24) is 4.98 Å². The number of pyridine rings is 1. The molecule has 1 rings (SSSR count). The number of esters is 1. The Hall–Kier alpha value is -0.310. The number of carbonyl (C=O) groups is 1. The third kappa shape index (κ3) is 3.84. The molecule has 0 spiro atoms. The van der Waals surface area contributed by atoms with Gasteiger partial charge in [0.1, 0.15) is 3.70 Å². The third-order valence-corrected chi connectivity index (χ3v) is 3.72. The zero-order valence-corrected chi connectivity index (χ0v) is 13.3. The van der Waals surface area contributed by atoms with Crippen LogP contribution in [0.1, 0.15) is 30.0 Å². The maximum Gasteiger partial charge on any atom is 0.310 e. The molecule has 0 aliphatic rings. The Morgan fingerprint density at radius 3 is 2.78 bits per heavy atom. The number of hydrogen-bond acceptors (Lipinski definition) is 3. The molecule has 0 saturated carbocycles. The summed E-state index contributed by atoms with van der Waals surface area (Å²) in [4.78, 5) is 15.4. The summed E-state index contributed by atoms with van der Waals surface area (Å²) >= 11 is 4.95. The van der Waals surface area contributed by atoms with Crippen LogP contribution in [0, 0.1) is 3.70 Å². The van der Waals surface area contributed by atoms with Crippen molar-refractivity contribution in [2.75, 3.05) is 6.61 Å². The van der Waals surface area contributed by atoms with Crippen LogP contribution in [0.15, 0.2) is 6.20 Å². The molecule has 3 nitrogen and oxygen atoms in total. The van der Waals surface area contributed by atoms with Crippen molar-refractivity contribution in [2.24, 2.45) is 0 Å². The number of ether oxygens (including phenoxy) is 1. The van der Waals surface area contributed by atoms with Crippen LogP contribution < -0.4 is 0 Å². The lowest BCUT2D eigenvalue weighted by Crippen LogP contribution is -2.13. The van der Waals surface area contributed by atoms with Crippen LogP contribution in [0.4, 0.5) is 8.78 Å². The van der Waals surface area contributed by atoms with E-state index in [0.717, 1.165) is 0 Å². The van der Waals surface area contributed by atoms with Gasteiger partial charge in [0.05, 0.1) is 18.6 Å². The Bertz CT molecular complexity index is 443. The van der Waals surface area contributed by atoms with Gasteiger partial charge >= 0.3 is 5.97 Å². The number of aromatic nitrogens is 1. The highest BCUT2D eigenvalue weighted by Gasteiger charge is 2.22. The van der Waals surface area contributed by atoms with Crippen LogP contribution in [-0.4, -0.2) is 17.6 Å². The standard InChI is InChI=1S/C11H11BrF2INO2/c1-2-18-8(17)3-7-6(4-12)5-16-11(15)9(7)10(13)14/h5,10H,2-4H2,1H3. The smallest absolute Gasteiger partial charge is 0.310 e. The Morgan fingerprint density at radius 2 is 2.28 bits per heavy atom. The molecular weight excluding hydrogens is 423 g/mol. The molecule has 1 heterocycles. The van der Waals surface area contributed by atoms with Crippen molar-refractivity contribution < 1.29 is 18.3 Å². The summed E-state index contributed by atoms with van der Waals surface area (Å²) in [6.45, 7) is 1.91. The second-order valence-corrected chi connectivity index (χ2v) is 4.97. The molecule has 0 atom stereocenters. The zero-order valence-electron chi connectivity index (χ0n) is 9.55. The van der Waals surface area contributed by atoms with Crippen molar-refractivity contribution in [3.05, 3.63) is 26.6 Å². The van der Waals surface area contributed by atoms with E-state index in [0.29, 0.717) is 16.5 Å². The first-order valence-electron chi connectivity index (χ1n) is 5.17. The van der Waals surface area contributed by atoms with E-state index in [9.17, 15) is 13.6 Å². The van der Waals surface area contributed by atoms with Crippen molar-refractivity contribution >= 4 is 44.5 Å². The molecule has 1 aromatic heterocycles. The van der Waals surface area contributed by atoms with Gasteiger partial charge in [-0.25, -0.2) is 13.8 Å². The van der Waals surface area contributed by atoms with Gasteiger partial charge in [-0.3, -0.25) is 4.79 Å². The van der Waals surface area contributed by atoms with Gasteiger partial charge in [0, 0.05) is 11.5 Å². The molecule has 0 amide bonds. The molecule has 0 radical (unpaired) electrons. The second kappa shape index (κ2) is 7.32. The number of alkyl halides is 3. The lowest BCUT2D eigenvalue weighted by atomic mass is 10.0. The van der Waals surface area contributed by atoms with Crippen LogP contribution in [0.2, 0.25) is 0 Å². The van der Waals surface area contributed by atoms with Crippen LogP contribution in [0.5, 0.6) is 0 Å². The maximum absolute atomic E-state index is 13.0.